The molecule has 2 saturated heterocycles. The Balaban J connectivity index is 1.42. The monoisotopic (exact) mass is 325 g/mol. The first kappa shape index (κ1) is 15.4. The van der Waals surface area contributed by atoms with Crippen LogP contribution in [0.1, 0.15) is 16.9 Å². The van der Waals surface area contributed by atoms with E-state index in [1.807, 2.05) is 47.5 Å². The van der Waals surface area contributed by atoms with Crippen molar-refractivity contribution in [2.45, 2.75) is 12.5 Å². The van der Waals surface area contributed by atoms with Crippen LogP contribution in [-0.4, -0.2) is 70.8 Å². The van der Waals surface area contributed by atoms with Crippen LogP contribution in [0.3, 0.4) is 0 Å². The number of hydrogen-bond acceptors (Lipinski definition) is 4. The highest BCUT2D eigenvalue weighted by atomic mass is 16.2. The second-order valence-electron chi connectivity index (χ2n) is 6.46. The number of piperazine rings is 1. The average molecular weight is 325 g/mol. The normalized spacial score (nSPS) is 22.0. The molecule has 1 aromatic carbocycles. The van der Waals surface area contributed by atoms with Crippen LogP contribution in [0.4, 0.5) is 0 Å². The molecule has 2 aliphatic rings. The summed E-state index contributed by atoms with van der Waals surface area (Å²) in [6.45, 7) is 5.89. The molecule has 0 saturated carbocycles. The summed E-state index contributed by atoms with van der Waals surface area (Å²) < 4.78 is 1.76. The van der Waals surface area contributed by atoms with E-state index in [1.54, 1.807) is 4.68 Å². The van der Waals surface area contributed by atoms with E-state index >= 15 is 0 Å². The highest BCUT2D eigenvalue weighted by Crippen LogP contribution is 2.18. The molecule has 4 rings (SSSR count). The lowest BCUT2D eigenvalue weighted by atomic mass is 10.2. The Morgan fingerprint density at radius 2 is 1.88 bits per heavy atom. The smallest absolute Gasteiger partial charge is 0.274 e. The maximum absolute atomic E-state index is 12.7. The summed E-state index contributed by atoms with van der Waals surface area (Å²) >= 11 is 0. The van der Waals surface area contributed by atoms with E-state index < -0.39 is 0 Å². The highest BCUT2D eigenvalue weighted by Gasteiger charge is 2.32. The van der Waals surface area contributed by atoms with Gasteiger partial charge in [0.1, 0.15) is 0 Å². The largest absolute Gasteiger partial charge is 0.336 e. The molecule has 0 bridgehead atoms. The molecule has 0 spiro atoms. The number of hydrogen-bond donors (Lipinski definition) is 1. The van der Waals surface area contributed by atoms with Gasteiger partial charge in [0.25, 0.3) is 5.91 Å². The van der Waals surface area contributed by atoms with Gasteiger partial charge in [-0.2, -0.15) is 5.10 Å². The lowest BCUT2D eigenvalue weighted by molar-refractivity contribution is 0.0767. The van der Waals surface area contributed by atoms with E-state index in [-0.39, 0.29) is 5.91 Å². The SMILES string of the molecule is O=C(c1ccn(-c2ccccc2)n1)N1CCC(N2CCNCC2)C1. The highest BCUT2D eigenvalue weighted by molar-refractivity contribution is 5.92. The van der Waals surface area contributed by atoms with Gasteiger partial charge >= 0.3 is 0 Å². The summed E-state index contributed by atoms with van der Waals surface area (Å²) in [5.41, 5.74) is 1.50. The molecule has 24 heavy (non-hydrogen) atoms. The minimum Gasteiger partial charge on any atom is -0.336 e. The average Bonchev–Trinajstić information content (AvgIpc) is 3.33. The van der Waals surface area contributed by atoms with Gasteiger partial charge in [-0.15, -0.1) is 0 Å². The number of carbonyl (C=O) groups is 1. The van der Waals surface area contributed by atoms with E-state index in [2.05, 4.69) is 15.3 Å². The van der Waals surface area contributed by atoms with Crippen molar-refractivity contribution in [2.24, 2.45) is 0 Å². The lowest BCUT2D eigenvalue weighted by Gasteiger charge is -2.32. The van der Waals surface area contributed by atoms with Crippen molar-refractivity contribution in [3.8, 4) is 5.69 Å². The van der Waals surface area contributed by atoms with Crippen LogP contribution in [0.15, 0.2) is 42.6 Å². The van der Waals surface area contributed by atoms with Crippen molar-refractivity contribution in [3.05, 3.63) is 48.3 Å². The zero-order chi connectivity index (χ0) is 16.4. The van der Waals surface area contributed by atoms with Gasteiger partial charge in [-0.25, -0.2) is 4.68 Å². The zero-order valence-corrected chi connectivity index (χ0v) is 13.8. The fraction of sp³-hybridized carbons (Fsp3) is 0.444. The van der Waals surface area contributed by atoms with Gasteiger partial charge in [0.15, 0.2) is 5.69 Å². The minimum atomic E-state index is 0.0438. The molecule has 1 aromatic heterocycles. The minimum absolute atomic E-state index is 0.0438. The molecule has 1 amide bonds. The fourth-order valence-corrected chi connectivity index (χ4v) is 3.60. The first-order chi connectivity index (χ1) is 11.8. The Kier molecular flexibility index (Phi) is 4.32. The molecule has 126 valence electrons. The molecular weight excluding hydrogens is 302 g/mol. The number of nitrogens with zero attached hydrogens (tertiary/aromatic N) is 4. The summed E-state index contributed by atoms with van der Waals surface area (Å²) in [6.07, 6.45) is 2.91. The summed E-state index contributed by atoms with van der Waals surface area (Å²) in [6, 6.07) is 12.2. The molecule has 3 heterocycles. The van der Waals surface area contributed by atoms with E-state index in [0.717, 1.165) is 51.4 Å². The van der Waals surface area contributed by atoms with E-state index in [1.165, 1.54) is 0 Å². The van der Waals surface area contributed by atoms with Crippen molar-refractivity contribution in [1.29, 1.82) is 0 Å². The molecule has 0 radical (unpaired) electrons. The Morgan fingerprint density at radius 1 is 1.08 bits per heavy atom. The number of benzene rings is 1. The van der Waals surface area contributed by atoms with Crippen LogP contribution in [0, 0.1) is 0 Å². The molecule has 1 atom stereocenters. The van der Waals surface area contributed by atoms with Crippen LogP contribution >= 0.6 is 0 Å². The van der Waals surface area contributed by atoms with E-state index in [0.29, 0.717) is 11.7 Å². The third-order valence-corrected chi connectivity index (χ3v) is 4.95. The molecule has 1 unspecified atom stereocenters. The van der Waals surface area contributed by atoms with Gasteiger partial charge in [-0.1, -0.05) is 18.2 Å². The van der Waals surface area contributed by atoms with Crippen molar-refractivity contribution in [1.82, 2.24) is 24.9 Å². The second kappa shape index (κ2) is 6.75. The lowest BCUT2D eigenvalue weighted by Crippen LogP contribution is -2.49. The maximum Gasteiger partial charge on any atom is 0.274 e. The zero-order valence-electron chi connectivity index (χ0n) is 13.8. The van der Waals surface area contributed by atoms with Gasteiger partial charge in [0.05, 0.1) is 5.69 Å². The Bertz CT molecular complexity index is 692. The number of nitrogens with one attached hydrogen (secondary N) is 1. The third-order valence-electron chi connectivity index (χ3n) is 4.95. The van der Waals surface area contributed by atoms with Crippen LogP contribution in [-0.2, 0) is 0 Å². The second-order valence-corrected chi connectivity index (χ2v) is 6.46. The van der Waals surface area contributed by atoms with Crippen molar-refractivity contribution >= 4 is 5.91 Å². The molecule has 2 aliphatic heterocycles. The predicted molar refractivity (Wildman–Crippen MR) is 92.3 cm³/mol. The quantitative estimate of drug-likeness (QED) is 0.914. The van der Waals surface area contributed by atoms with Crippen molar-refractivity contribution in [3.63, 3.8) is 0 Å². The fourth-order valence-electron chi connectivity index (χ4n) is 3.60. The third kappa shape index (κ3) is 3.07. The van der Waals surface area contributed by atoms with Crippen LogP contribution in [0.5, 0.6) is 0 Å². The maximum atomic E-state index is 12.7. The van der Waals surface area contributed by atoms with Crippen LogP contribution in [0.2, 0.25) is 0 Å². The van der Waals surface area contributed by atoms with Gasteiger partial charge in [0.2, 0.25) is 0 Å². The number of para-hydroxylation sites is 1. The molecule has 2 fully saturated rings. The van der Waals surface area contributed by atoms with Crippen molar-refractivity contribution < 1.29 is 4.79 Å². The molecule has 6 heteroatoms. The van der Waals surface area contributed by atoms with Gasteiger partial charge in [0, 0.05) is 51.5 Å². The van der Waals surface area contributed by atoms with Gasteiger partial charge in [-0.05, 0) is 24.6 Å². The Morgan fingerprint density at radius 3 is 2.67 bits per heavy atom. The summed E-state index contributed by atoms with van der Waals surface area (Å²) in [5.74, 6) is 0.0438. The van der Waals surface area contributed by atoms with Gasteiger partial charge in [-0.3, -0.25) is 9.69 Å². The molecular formula is C18H23N5O. The number of rotatable bonds is 3. The molecule has 1 N–H and O–H groups in total. The topological polar surface area (TPSA) is 53.4 Å². The first-order valence-corrected chi connectivity index (χ1v) is 8.66. The summed E-state index contributed by atoms with van der Waals surface area (Å²) in [7, 11) is 0. The molecule has 6 nitrogen and oxygen atoms in total. The predicted octanol–water partition coefficient (Wildman–Crippen LogP) is 0.992. The molecule has 2 aromatic rings. The van der Waals surface area contributed by atoms with Crippen LogP contribution in [0.25, 0.3) is 5.69 Å². The summed E-state index contributed by atoms with van der Waals surface area (Å²) in [4.78, 5) is 17.2. The number of carbonyl (C=O) groups excluding carboxylic acids is 1. The Hall–Kier alpha value is -2.18. The number of amides is 1. The van der Waals surface area contributed by atoms with Gasteiger partial charge < -0.3 is 10.2 Å². The van der Waals surface area contributed by atoms with Crippen molar-refractivity contribution in [2.75, 3.05) is 39.3 Å². The Labute approximate surface area is 142 Å². The number of aromatic nitrogens is 2. The first-order valence-electron chi connectivity index (χ1n) is 8.66. The number of likely N-dealkylation sites (tertiary alicyclic amines) is 1. The van der Waals surface area contributed by atoms with Crippen LogP contribution < -0.4 is 5.32 Å². The summed E-state index contributed by atoms with van der Waals surface area (Å²) in [5, 5.41) is 7.85. The van der Waals surface area contributed by atoms with E-state index in [4.69, 9.17) is 0 Å². The molecule has 0 aliphatic carbocycles. The van der Waals surface area contributed by atoms with E-state index in [9.17, 15) is 4.79 Å². The standard InChI is InChI=1S/C18H23N5O/c24-18(17-7-11-23(20-17)15-4-2-1-3-5-15)22-10-6-16(14-22)21-12-8-19-9-13-21/h1-5,7,11,16,19H,6,8-10,12-14H2.